The first-order valence-electron chi connectivity index (χ1n) is 8.70. The van der Waals surface area contributed by atoms with Crippen LogP contribution in [-0.2, 0) is 0 Å². The Bertz CT molecular complexity index is 654. The summed E-state index contributed by atoms with van der Waals surface area (Å²) in [6.45, 7) is 2.31. The first-order valence-corrected chi connectivity index (χ1v) is 9.11. The number of nitrogens with one attached hydrogen (secondary N) is 3. The van der Waals surface area contributed by atoms with Gasteiger partial charge < -0.3 is 16.0 Å². The van der Waals surface area contributed by atoms with Crippen LogP contribution in [0.15, 0.2) is 54.6 Å². The van der Waals surface area contributed by atoms with Crippen LogP contribution < -0.4 is 16.0 Å². The zero-order chi connectivity index (χ0) is 16.8. The predicted molar refractivity (Wildman–Crippen MR) is 107 cm³/mol. The van der Waals surface area contributed by atoms with E-state index in [9.17, 15) is 0 Å². The summed E-state index contributed by atoms with van der Waals surface area (Å²) in [5, 5.41) is 10.9. The Hall–Kier alpha value is -2.07. The fourth-order valence-corrected chi connectivity index (χ4v) is 3.46. The molecule has 0 amide bonds. The SMILES string of the molecule is C[C@H]1CCCC[C@@H]1NC(=S)Nc1ccc(Nc2ccccc2)cc1. The maximum absolute atomic E-state index is 5.47. The summed E-state index contributed by atoms with van der Waals surface area (Å²) in [5.74, 6) is 0.691. The number of hydrogen-bond donors (Lipinski definition) is 3. The van der Waals surface area contributed by atoms with Crippen molar-refractivity contribution in [3.63, 3.8) is 0 Å². The standard InChI is InChI=1S/C20H25N3S/c1-15-7-5-6-10-19(15)23-20(24)22-18-13-11-17(12-14-18)21-16-8-3-2-4-9-16/h2-4,8-9,11-15,19,21H,5-7,10H2,1H3,(H2,22,23,24)/t15-,19-/m0/s1. The van der Waals surface area contributed by atoms with Gasteiger partial charge in [0.1, 0.15) is 0 Å². The topological polar surface area (TPSA) is 36.1 Å². The van der Waals surface area contributed by atoms with Gasteiger partial charge in [-0.25, -0.2) is 0 Å². The third kappa shape index (κ3) is 4.71. The highest BCUT2D eigenvalue weighted by atomic mass is 32.1. The molecule has 2 aromatic carbocycles. The van der Waals surface area contributed by atoms with E-state index in [1.807, 2.05) is 30.3 Å². The maximum Gasteiger partial charge on any atom is 0.171 e. The van der Waals surface area contributed by atoms with Crippen molar-refractivity contribution in [2.45, 2.75) is 38.6 Å². The van der Waals surface area contributed by atoms with E-state index >= 15 is 0 Å². The van der Waals surface area contributed by atoms with Gasteiger partial charge in [0.2, 0.25) is 0 Å². The van der Waals surface area contributed by atoms with Gasteiger partial charge in [-0.15, -0.1) is 0 Å². The molecular weight excluding hydrogens is 314 g/mol. The fourth-order valence-electron chi connectivity index (χ4n) is 3.19. The van der Waals surface area contributed by atoms with Crippen LogP contribution in [0.5, 0.6) is 0 Å². The molecule has 2 atom stereocenters. The summed E-state index contributed by atoms with van der Waals surface area (Å²) < 4.78 is 0. The molecule has 0 aliphatic heterocycles. The van der Waals surface area contributed by atoms with Crippen molar-refractivity contribution in [1.29, 1.82) is 0 Å². The highest BCUT2D eigenvalue weighted by Crippen LogP contribution is 2.24. The molecule has 0 radical (unpaired) electrons. The minimum absolute atomic E-state index is 0.498. The van der Waals surface area contributed by atoms with Gasteiger partial charge in [-0.2, -0.15) is 0 Å². The number of thiocarbonyl (C=S) groups is 1. The quantitative estimate of drug-likeness (QED) is 0.661. The van der Waals surface area contributed by atoms with E-state index in [0.717, 1.165) is 22.2 Å². The van der Waals surface area contributed by atoms with E-state index in [2.05, 4.69) is 47.1 Å². The Morgan fingerprint density at radius 1 is 0.875 bits per heavy atom. The zero-order valence-corrected chi connectivity index (χ0v) is 14.9. The predicted octanol–water partition coefficient (Wildman–Crippen LogP) is 5.30. The molecule has 3 nitrogen and oxygen atoms in total. The van der Waals surface area contributed by atoms with Crippen molar-refractivity contribution in [3.8, 4) is 0 Å². The van der Waals surface area contributed by atoms with E-state index in [4.69, 9.17) is 12.2 Å². The summed E-state index contributed by atoms with van der Waals surface area (Å²) in [4.78, 5) is 0. The van der Waals surface area contributed by atoms with Crippen molar-refractivity contribution in [2.24, 2.45) is 5.92 Å². The molecular formula is C20H25N3S. The van der Waals surface area contributed by atoms with Crippen LogP contribution in [0, 0.1) is 5.92 Å². The van der Waals surface area contributed by atoms with E-state index in [1.54, 1.807) is 0 Å². The molecule has 1 saturated carbocycles. The molecule has 0 spiro atoms. The van der Waals surface area contributed by atoms with E-state index in [1.165, 1.54) is 25.7 Å². The molecule has 0 unspecified atom stereocenters. The molecule has 0 aromatic heterocycles. The largest absolute Gasteiger partial charge is 0.359 e. The maximum atomic E-state index is 5.47. The number of hydrogen-bond acceptors (Lipinski definition) is 2. The number of para-hydroxylation sites is 1. The average Bonchev–Trinajstić information content (AvgIpc) is 2.60. The van der Waals surface area contributed by atoms with Gasteiger partial charge >= 0.3 is 0 Å². The summed E-state index contributed by atoms with van der Waals surface area (Å²) in [5.41, 5.74) is 3.16. The summed E-state index contributed by atoms with van der Waals surface area (Å²) in [6, 6.07) is 18.9. The van der Waals surface area contributed by atoms with E-state index < -0.39 is 0 Å². The van der Waals surface area contributed by atoms with Gasteiger partial charge in [0.15, 0.2) is 5.11 Å². The molecule has 2 aromatic rings. The number of rotatable bonds is 4. The summed E-state index contributed by atoms with van der Waals surface area (Å²) in [6.07, 6.45) is 5.14. The molecule has 1 fully saturated rings. The lowest BCUT2D eigenvalue weighted by molar-refractivity contribution is 0.309. The fraction of sp³-hybridized carbons (Fsp3) is 0.350. The van der Waals surface area contributed by atoms with Crippen LogP contribution in [0.1, 0.15) is 32.6 Å². The third-order valence-electron chi connectivity index (χ3n) is 4.63. The van der Waals surface area contributed by atoms with Crippen LogP contribution >= 0.6 is 12.2 Å². The molecule has 4 heteroatoms. The van der Waals surface area contributed by atoms with Crippen molar-refractivity contribution >= 4 is 34.4 Å². The van der Waals surface area contributed by atoms with Crippen LogP contribution in [0.3, 0.4) is 0 Å². The molecule has 3 N–H and O–H groups in total. The highest BCUT2D eigenvalue weighted by molar-refractivity contribution is 7.80. The second kappa shape index (κ2) is 8.15. The van der Waals surface area contributed by atoms with Crippen LogP contribution in [0.2, 0.25) is 0 Å². The first kappa shape index (κ1) is 16.8. The van der Waals surface area contributed by atoms with Crippen molar-refractivity contribution in [1.82, 2.24) is 5.32 Å². The molecule has 24 heavy (non-hydrogen) atoms. The number of benzene rings is 2. The minimum Gasteiger partial charge on any atom is -0.359 e. The second-order valence-electron chi connectivity index (χ2n) is 6.54. The van der Waals surface area contributed by atoms with Gasteiger partial charge in [-0.3, -0.25) is 0 Å². The molecule has 3 rings (SSSR count). The Morgan fingerprint density at radius 3 is 2.21 bits per heavy atom. The zero-order valence-electron chi connectivity index (χ0n) is 14.1. The summed E-state index contributed by atoms with van der Waals surface area (Å²) in [7, 11) is 0. The second-order valence-corrected chi connectivity index (χ2v) is 6.94. The van der Waals surface area contributed by atoms with Gasteiger partial charge in [0, 0.05) is 23.1 Å². The van der Waals surface area contributed by atoms with Crippen molar-refractivity contribution < 1.29 is 0 Å². The van der Waals surface area contributed by atoms with E-state index in [0.29, 0.717) is 12.0 Å². The number of anilines is 3. The Morgan fingerprint density at radius 2 is 1.50 bits per heavy atom. The molecule has 0 saturated heterocycles. The third-order valence-corrected chi connectivity index (χ3v) is 4.85. The molecule has 0 heterocycles. The first-order chi connectivity index (χ1) is 11.7. The van der Waals surface area contributed by atoms with Gasteiger partial charge in [-0.05, 0) is 67.4 Å². The van der Waals surface area contributed by atoms with Crippen LogP contribution in [0.25, 0.3) is 0 Å². The average molecular weight is 340 g/mol. The monoisotopic (exact) mass is 339 g/mol. The molecule has 126 valence electrons. The molecule has 0 bridgehead atoms. The lowest BCUT2D eigenvalue weighted by Gasteiger charge is -2.30. The Labute approximate surface area is 149 Å². The van der Waals surface area contributed by atoms with Gasteiger partial charge in [0.05, 0.1) is 0 Å². The smallest absolute Gasteiger partial charge is 0.171 e. The van der Waals surface area contributed by atoms with Crippen molar-refractivity contribution in [3.05, 3.63) is 54.6 Å². The van der Waals surface area contributed by atoms with Gasteiger partial charge in [-0.1, -0.05) is 38.0 Å². The lowest BCUT2D eigenvalue weighted by Crippen LogP contribution is -2.43. The summed E-state index contributed by atoms with van der Waals surface area (Å²) >= 11 is 5.47. The normalized spacial score (nSPS) is 20.2. The van der Waals surface area contributed by atoms with E-state index in [-0.39, 0.29) is 0 Å². The molecule has 1 aliphatic rings. The minimum atomic E-state index is 0.498. The molecule has 1 aliphatic carbocycles. The van der Waals surface area contributed by atoms with Crippen LogP contribution in [0.4, 0.5) is 17.1 Å². The van der Waals surface area contributed by atoms with Crippen molar-refractivity contribution in [2.75, 3.05) is 10.6 Å². The van der Waals surface area contributed by atoms with Crippen LogP contribution in [-0.4, -0.2) is 11.2 Å². The van der Waals surface area contributed by atoms with Gasteiger partial charge in [0.25, 0.3) is 0 Å². The lowest BCUT2D eigenvalue weighted by atomic mass is 9.86. The Kier molecular flexibility index (Phi) is 5.70. The highest BCUT2D eigenvalue weighted by Gasteiger charge is 2.21. The Balaban J connectivity index is 1.53.